The molecule has 1 aliphatic heterocycles. The summed E-state index contributed by atoms with van der Waals surface area (Å²) in [5, 5.41) is 0. The average Bonchev–Trinajstić information content (AvgIpc) is 2.96. The van der Waals surface area contributed by atoms with Crippen molar-refractivity contribution in [3.05, 3.63) is 30.4 Å². The molecule has 0 radical (unpaired) electrons. The van der Waals surface area contributed by atoms with Gasteiger partial charge in [-0.2, -0.15) is 0 Å². The van der Waals surface area contributed by atoms with E-state index in [1.54, 1.807) is 29.6 Å². The van der Waals surface area contributed by atoms with Crippen LogP contribution < -0.4 is 0 Å². The zero-order valence-corrected chi connectivity index (χ0v) is 15.3. The summed E-state index contributed by atoms with van der Waals surface area (Å²) in [5.41, 5.74) is 1.37. The first kappa shape index (κ1) is 18.0. The van der Waals surface area contributed by atoms with Crippen molar-refractivity contribution in [3.63, 3.8) is 0 Å². The van der Waals surface area contributed by atoms with E-state index in [9.17, 15) is 9.59 Å². The largest absolute Gasteiger partial charge is 0.461 e. The van der Waals surface area contributed by atoms with Crippen molar-refractivity contribution in [2.24, 2.45) is 0 Å². The maximum absolute atomic E-state index is 12.6. The van der Waals surface area contributed by atoms with Gasteiger partial charge >= 0.3 is 12.1 Å². The molecule has 3 heterocycles. The average molecular weight is 358 g/mol. The predicted octanol–water partition coefficient (Wildman–Crippen LogP) is 2.64. The molecule has 138 valence electrons. The highest BCUT2D eigenvalue weighted by atomic mass is 16.6. The molecule has 0 saturated carbocycles. The molecule has 1 saturated heterocycles. The van der Waals surface area contributed by atoms with E-state index in [1.165, 1.54) is 6.92 Å². The Morgan fingerprint density at radius 2 is 2.00 bits per heavy atom. The lowest BCUT2D eigenvalue weighted by atomic mass is 10.1. The van der Waals surface area contributed by atoms with Crippen molar-refractivity contribution in [2.75, 3.05) is 6.54 Å². The number of esters is 1. The first-order valence-corrected chi connectivity index (χ1v) is 8.46. The zero-order chi connectivity index (χ0) is 18.9. The van der Waals surface area contributed by atoms with E-state index in [0.717, 1.165) is 0 Å². The molecule has 2 atom stereocenters. The Morgan fingerprint density at radius 3 is 2.69 bits per heavy atom. The number of likely N-dealkylation sites (tertiary alicyclic amines) is 1. The minimum absolute atomic E-state index is 0.259. The lowest BCUT2D eigenvalue weighted by molar-refractivity contribution is -0.145. The summed E-state index contributed by atoms with van der Waals surface area (Å²) in [6, 6.07) is 1.39. The van der Waals surface area contributed by atoms with Crippen molar-refractivity contribution < 1.29 is 19.1 Å². The number of rotatable bonds is 2. The van der Waals surface area contributed by atoms with Gasteiger partial charge < -0.3 is 9.47 Å². The van der Waals surface area contributed by atoms with Gasteiger partial charge in [-0.25, -0.2) is 9.78 Å². The highest BCUT2D eigenvalue weighted by Gasteiger charge is 2.40. The third kappa shape index (κ3) is 4.07. The molecule has 0 aromatic carbocycles. The first-order valence-electron chi connectivity index (χ1n) is 8.46. The van der Waals surface area contributed by atoms with E-state index in [1.807, 2.05) is 20.8 Å². The lowest BCUT2D eigenvalue weighted by Gasteiger charge is -2.28. The van der Waals surface area contributed by atoms with Crippen LogP contribution in [-0.2, 0) is 14.3 Å². The summed E-state index contributed by atoms with van der Waals surface area (Å²) in [4.78, 5) is 38.5. The van der Waals surface area contributed by atoms with Crippen LogP contribution in [0.5, 0.6) is 0 Å². The van der Waals surface area contributed by atoms with Gasteiger partial charge in [-0.3, -0.25) is 19.7 Å². The molecule has 2 aromatic rings. The Morgan fingerprint density at radius 1 is 1.23 bits per heavy atom. The van der Waals surface area contributed by atoms with Crippen molar-refractivity contribution in [2.45, 2.75) is 51.9 Å². The molecule has 0 spiro atoms. The van der Waals surface area contributed by atoms with E-state index >= 15 is 0 Å². The molecular formula is C18H22N4O4. The third-order valence-corrected chi connectivity index (χ3v) is 3.93. The molecule has 1 fully saturated rings. The topological polar surface area (TPSA) is 94.5 Å². The molecule has 0 bridgehead atoms. The van der Waals surface area contributed by atoms with E-state index < -0.39 is 17.8 Å². The molecule has 0 aliphatic carbocycles. The van der Waals surface area contributed by atoms with Crippen molar-refractivity contribution in [1.82, 2.24) is 19.9 Å². The number of hydrogen-bond donors (Lipinski definition) is 0. The van der Waals surface area contributed by atoms with Gasteiger partial charge in [0, 0.05) is 19.5 Å². The van der Waals surface area contributed by atoms with E-state index in [0.29, 0.717) is 23.1 Å². The monoisotopic (exact) mass is 358 g/mol. The third-order valence-electron chi connectivity index (χ3n) is 3.93. The number of nitrogens with zero attached hydrogens (tertiary/aromatic N) is 4. The SMILES string of the molecule is CC(=O)O[C@@H]1C[C@@H](c2cnc3cnccc3n2)N(C(=O)OC(C)(C)C)C1. The number of ether oxygens (including phenoxy) is 2. The lowest BCUT2D eigenvalue weighted by Crippen LogP contribution is -2.37. The van der Waals surface area contributed by atoms with Crippen LogP contribution in [0.1, 0.15) is 45.9 Å². The van der Waals surface area contributed by atoms with Crippen LogP contribution in [0.25, 0.3) is 11.0 Å². The Labute approximate surface area is 151 Å². The van der Waals surface area contributed by atoms with Crippen LogP contribution >= 0.6 is 0 Å². The standard InChI is InChI=1S/C18H22N4O4/c1-11(23)25-12-7-16(22(10-12)17(24)26-18(2,3)4)15-9-20-14-8-19-6-5-13(14)21-15/h5-6,8-9,12,16H,7,10H2,1-4H3/t12-,16+/m1/s1. The smallest absolute Gasteiger partial charge is 0.410 e. The Kier molecular flexibility index (Phi) is 4.76. The molecule has 0 unspecified atom stereocenters. The second kappa shape index (κ2) is 6.86. The number of fused-ring (bicyclic) bond motifs is 1. The quantitative estimate of drug-likeness (QED) is 0.762. The molecule has 26 heavy (non-hydrogen) atoms. The summed E-state index contributed by atoms with van der Waals surface area (Å²) in [6.07, 6.45) is 4.48. The summed E-state index contributed by atoms with van der Waals surface area (Å²) in [6.45, 7) is 7.04. The number of pyridine rings is 1. The van der Waals surface area contributed by atoms with Crippen LogP contribution in [0.4, 0.5) is 4.79 Å². The molecule has 0 N–H and O–H groups in total. The fourth-order valence-electron chi connectivity index (χ4n) is 2.96. The fraction of sp³-hybridized carbons (Fsp3) is 0.500. The normalized spacial score (nSPS) is 20.2. The van der Waals surface area contributed by atoms with Gasteiger partial charge in [-0.15, -0.1) is 0 Å². The van der Waals surface area contributed by atoms with Gasteiger partial charge in [0.25, 0.3) is 0 Å². The van der Waals surface area contributed by atoms with Gasteiger partial charge in [0.15, 0.2) is 0 Å². The van der Waals surface area contributed by atoms with E-state index in [-0.39, 0.29) is 18.6 Å². The highest BCUT2D eigenvalue weighted by Crippen LogP contribution is 2.34. The highest BCUT2D eigenvalue weighted by molar-refractivity contribution is 5.73. The Bertz CT molecular complexity index is 833. The number of hydrogen-bond acceptors (Lipinski definition) is 7. The molecule has 2 aromatic heterocycles. The van der Waals surface area contributed by atoms with Gasteiger partial charge in [-0.05, 0) is 26.8 Å². The molecule has 1 amide bonds. The fourth-order valence-corrected chi connectivity index (χ4v) is 2.96. The minimum Gasteiger partial charge on any atom is -0.461 e. The summed E-state index contributed by atoms with van der Waals surface area (Å²) in [5.74, 6) is -0.379. The van der Waals surface area contributed by atoms with Gasteiger partial charge in [0.05, 0.1) is 36.2 Å². The number of amides is 1. The Hall–Kier alpha value is -2.77. The van der Waals surface area contributed by atoms with Crippen LogP contribution in [0.2, 0.25) is 0 Å². The number of aromatic nitrogens is 3. The van der Waals surface area contributed by atoms with E-state index in [4.69, 9.17) is 9.47 Å². The van der Waals surface area contributed by atoms with Crippen LogP contribution in [-0.4, -0.2) is 50.2 Å². The molecule has 3 rings (SSSR count). The predicted molar refractivity (Wildman–Crippen MR) is 93.2 cm³/mol. The molecule has 8 nitrogen and oxygen atoms in total. The number of carbonyl (C=O) groups is 2. The summed E-state index contributed by atoms with van der Waals surface area (Å²) < 4.78 is 10.8. The van der Waals surface area contributed by atoms with Crippen molar-refractivity contribution in [1.29, 1.82) is 0 Å². The first-order chi connectivity index (χ1) is 12.2. The van der Waals surface area contributed by atoms with Crippen molar-refractivity contribution >= 4 is 23.1 Å². The summed E-state index contributed by atoms with van der Waals surface area (Å²) >= 11 is 0. The van der Waals surface area contributed by atoms with E-state index in [2.05, 4.69) is 15.0 Å². The zero-order valence-electron chi connectivity index (χ0n) is 15.3. The second-order valence-electron chi connectivity index (χ2n) is 7.27. The Balaban J connectivity index is 1.91. The summed E-state index contributed by atoms with van der Waals surface area (Å²) in [7, 11) is 0. The minimum atomic E-state index is -0.623. The molecule has 8 heteroatoms. The van der Waals surface area contributed by atoms with Crippen LogP contribution in [0.15, 0.2) is 24.7 Å². The van der Waals surface area contributed by atoms with Crippen molar-refractivity contribution in [3.8, 4) is 0 Å². The van der Waals surface area contributed by atoms with Crippen LogP contribution in [0, 0.1) is 0 Å². The van der Waals surface area contributed by atoms with Gasteiger partial charge in [0.2, 0.25) is 0 Å². The maximum atomic E-state index is 12.6. The maximum Gasteiger partial charge on any atom is 0.410 e. The van der Waals surface area contributed by atoms with Gasteiger partial charge in [0.1, 0.15) is 17.2 Å². The number of carbonyl (C=O) groups excluding carboxylic acids is 2. The van der Waals surface area contributed by atoms with Gasteiger partial charge in [-0.1, -0.05) is 0 Å². The molecular weight excluding hydrogens is 336 g/mol. The second-order valence-corrected chi connectivity index (χ2v) is 7.27. The molecule has 1 aliphatic rings. The van der Waals surface area contributed by atoms with Crippen LogP contribution in [0.3, 0.4) is 0 Å².